The van der Waals surface area contributed by atoms with Crippen LogP contribution in [0.25, 0.3) is 0 Å². The van der Waals surface area contributed by atoms with Crippen molar-refractivity contribution >= 4 is 14.5 Å². The summed E-state index contributed by atoms with van der Waals surface area (Å²) in [4.78, 5) is 3.18. The van der Waals surface area contributed by atoms with Gasteiger partial charge >= 0.3 is 0 Å². The molecule has 1 atom stereocenters. The Bertz CT molecular complexity index is 191. The summed E-state index contributed by atoms with van der Waals surface area (Å²) in [6.07, 6.45) is 2.00. The monoisotopic (exact) mass is 141 g/mol. The third-order valence-corrected chi connectivity index (χ3v) is 1.68. The fourth-order valence-electron chi connectivity index (χ4n) is 0.763. The van der Waals surface area contributed by atoms with Gasteiger partial charge in [-0.1, -0.05) is 13.8 Å². The second-order valence-corrected chi connectivity index (χ2v) is 3.21. The molecule has 2 heteroatoms. The van der Waals surface area contributed by atoms with Crippen LogP contribution in [-0.4, -0.2) is 4.98 Å². The van der Waals surface area contributed by atoms with Gasteiger partial charge in [-0.25, -0.2) is 0 Å². The lowest BCUT2D eigenvalue weighted by molar-refractivity contribution is 0.833. The molecule has 1 aromatic rings. The molecule has 9 heavy (non-hydrogen) atoms. The van der Waals surface area contributed by atoms with E-state index in [9.17, 15) is 0 Å². The van der Waals surface area contributed by atoms with Gasteiger partial charge in [-0.2, -0.15) is 0 Å². The highest BCUT2D eigenvalue weighted by Gasteiger charge is 1.98. The van der Waals surface area contributed by atoms with Crippen LogP contribution in [0.15, 0.2) is 12.3 Å². The zero-order valence-electron chi connectivity index (χ0n) is 5.81. The highest BCUT2D eigenvalue weighted by atomic mass is 31.0. The summed E-state index contributed by atoms with van der Waals surface area (Å²) in [5.74, 6) is 0.610. The second kappa shape index (κ2) is 2.53. The summed E-state index contributed by atoms with van der Waals surface area (Å²) < 4.78 is 0. The molecule has 0 saturated heterocycles. The van der Waals surface area contributed by atoms with Crippen molar-refractivity contribution in [3.05, 3.63) is 18.0 Å². The molecular weight excluding hydrogens is 129 g/mol. The summed E-state index contributed by atoms with van der Waals surface area (Å²) in [6, 6.07) is 2.15. The first kappa shape index (κ1) is 6.82. The number of nitrogens with one attached hydrogen (secondary N) is 1. The fraction of sp³-hybridized carbons (Fsp3) is 0.429. The predicted octanol–water partition coefficient (Wildman–Crippen LogP) is 1.64. The number of H-pyrrole nitrogens is 1. The molecule has 0 saturated carbocycles. The van der Waals surface area contributed by atoms with Gasteiger partial charge in [0.1, 0.15) is 0 Å². The van der Waals surface area contributed by atoms with E-state index in [2.05, 4.69) is 34.1 Å². The summed E-state index contributed by atoms with van der Waals surface area (Å²) in [5.41, 5.74) is 1.31. The highest BCUT2D eigenvalue weighted by molar-refractivity contribution is 7.27. The third kappa shape index (κ3) is 1.56. The van der Waals surface area contributed by atoms with E-state index in [1.165, 1.54) is 11.0 Å². The lowest BCUT2D eigenvalue weighted by Gasteiger charge is -1.97. The zero-order chi connectivity index (χ0) is 6.85. The van der Waals surface area contributed by atoms with Gasteiger partial charge in [0.25, 0.3) is 0 Å². The number of aromatic nitrogens is 1. The molecule has 0 aromatic carbocycles. The minimum atomic E-state index is 0.610. The molecule has 1 N–H and O–H groups in total. The Morgan fingerprint density at radius 3 is 2.44 bits per heavy atom. The lowest BCUT2D eigenvalue weighted by atomic mass is 10.1. The minimum absolute atomic E-state index is 0.610. The van der Waals surface area contributed by atoms with Crippen molar-refractivity contribution in [2.75, 3.05) is 0 Å². The van der Waals surface area contributed by atoms with Crippen LogP contribution in [0.4, 0.5) is 0 Å². The standard InChI is InChI=1S/C7H12NP/c1-5(2)7-3-6(9)4-8-7/h3-5,8H,9H2,1-2H3. The lowest BCUT2D eigenvalue weighted by Crippen LogP contribution is -1.85. The summed E-state index contributed by atoms with van der Waals surface area (Å²) in [6.45, 7) is 4.35. The molecule has 1 rings (SSSR count). The average molecular weight is 141 g/mol. The van der Waals surface area contributed by atoms with Crippen LogP contribution in [0.1, 0.15) is 25.5 Å². The molecule has 0 aliphatic carbocycles. The quantitative estimate of drug-likeness (QED) is 0.572. The van der Waals surface area contributed by atoms with Gasteiger partial charge in [0, 0.05) is 11.9 Å². The van der Waals surface area contributed by atoms with E-state index in [4.69, 9.17) is 0 Å². The maximum Gasteiger partial charge on any atom is 0.0179 e. The normalized spacial score (nSPS) is 10.7. The van der Waals surface area contributed by atoms with Crippen LogP contribution in [0.2, 0.25) is 0 Å². The first-order chi connectivity index (χ1) is 4.20. The molecular formula is C7H12NP. The highest BCUT2D eigenvalue weighted by Crippen LogP contribution is 2.09. The number of hydrogen-bond acceptors (Lipinski definition) is 0. The Morgan fingerprint density at radius 2 is 2.22 bits per heavy atom. The van der Waals surface area contributed by atoms with Crippen LogP contribution in [0.3, 0.4) is 0 Å². The molecule has 1 heterocycles. The Hall–Kier alpha value is -0.290. The van der Waals surface area contributed by atoms with Crippen molar-refractivity contribution in [1.29, 1.82) is 0 Å². The smallest absolute Gasteiger partial charge is 0.0179 e. The van der Waals surface area contributed by atoms with Crippen molar-refractivity contribution in [2.24, 2.45) is 0 Å². The van der Waals surface area contributed by atoms with Gasteiger partial charge in [0.15, 0.2) is 0 Å². The van der Waals surface area contributed by atoms with Gasteiger partial charge in [-0.3, -0.25) is 0 Å². The molecule has 0 radical (unpaired) electrons. The van der Waals surface area contributed by atoms with Crippen LogP contribution < -0.4 is 5.30 Å². The van der Waals surface area contributed by atoms with E-state index in [0.717, 1.165) is 0 Å². The van der Waals surface area contributed by atoms with Crippen molar-refractivity contribution in [3.8, 4) is 0 Å². The van der Waals surface area contributed by atoms with Gasteiger partial charge < -0.3 is 4.98 Å². The van der Waals surface area contributed by atoms with Crippen LogP contribution >= 0.6 is 9.24 Å². The molecule has 1 unspecified atom stereocenters. The molecule has 0 fully saturated rings. The second-order valence-electron chi connectivity index (χ2n) is 2.54. The molecule has 1 nitrogen and oxygen atoms in total. The SMILES string of the molecule is CC(C)c1cc(P)c[nH]1. The van der Waals surface area contributed by atoms with Crippen molar-refractivity contribution in [2.45, 2.75) is 19.8 Å². The number of aromatic amines is 1. The Morgan fingerprint density at radius 1 is 1.56 bits per heavy atom. The van der Waals surface area contributed by atoms with E-state index in [1.54, 1.807) is 0 Å². The number of hydrogen-bond donors (Lipinski definition) is 1. The molecule has 0 aliphatic heterocycles. The fourth-order valence-corrected chi connectivity index (χ4v) is 1.03. The maximum absolute atomic E-state index is 3.18. The Labute approximate surface area is 58.1 Å². The first-order valence-corrected chi connectivity index (χ1v) is 3.71. The van der Waals surface area contributed by atoms with Crippen LogP contribution in [-0.2, 0) is 0 Å². The van der Waals surface area contributed by atoms with Crippen LogP contribution in [0.5, 0.6) is 0 Å². The van der Waals surface area contributed by atoms with E-state index in [1.807, 2.05) is 6.20 Å². The van der Waals surface area contributed by atoms with E-state index < -0.39 is 0 Å². The molecule has 50 valence electrons. The van der Waals surface area contributed by atoms with Crippen molar-refractivity contribution in [1.82, 2.24) is 4.98 Å². The van der Waals surface area contributed by atoms with Crippen molar-refractivity contribution in [3.63, 3.8) is 0 Å². The molecule has 0 aliphatic rings. The largest absolute Gasteiger partial charge is 0.364 e. The van der Waals surface area contributed by atoms with Gasteiger partial charge in [-0.05, 0) is 17.3 Å². The van der Waals surface area contributed by atoms with E-state index in [-0.39, 0.29) is 0 Å². The topological polar surface area (TPSA) is 15.8 Å². The minimum Gasteiger partial charge on any atom is -0.364 e. The molecule has 1 aromatic heterocycles. The van der Waals surface area contributed by atoms with Gasteiger partial charge in [0.2, 0.25) is 0 Å². The van der Waals surface area contributed by atoms with Gasteiger partial charge in [-0.15, -0.1) is 9.24 Å². The predicted molar refractivity (Wildman–Crippen MR) is 44.2 cm³/mol. The zero-order valence-corrected chi connectivity index (χ0v) is 6.96. The summed E-state index contributed by atoms with van der Waals surface area (Å²) >= 11 is 0. The third-order valence-electron chi connectivity index (χ3n) is 1.35. The molecule has 0 amide bonds. The average Bonchev–Trinajstić information content (AvgIpc) is 2.14. The summed E-state index contributed by atoms with van der Waals surface area (Å²) in [5, 5.41) is 1.23. The Balaban J connectivity index is 2.85. The molecule has 0 bridgehead atoms. The Kier molecular flexibility index (Phi) is 1.92. The van der Waals surface area contributed by atoms with E-state index >= 15 is 0 Å². The summed E-state index contributed by atoms with van der Waals surface area (Å²) in [7, 11) is 2.66. The van der Waals surface area contributed by atoms with Gasteiger partial charge in [0.05, 0.1) is 0 Å². The molecule has 0 spiro atoms. The number of rotatable bonds is 1. The van der Waals surface area contributed by atoms with Crippen LogP contribution in [0, 0.1) is 0 Å². The van der Waals surface area contributed by atoms with Crippen molar-refractivity contribution < 1.29 is 0 Å². The maximum atomic E-state index is 3.18. The first-order valence-electron chi connectivity index (χ1n) is 3.14. The van der Waals surface area contributed by atoms with E-state index in [0.29, 0.717) is 5.92 Å².